The number of hydrogen-bond acceptors (Lipinski definition) is 4. The minimum Gasteiger partial charge on any atom is -0.374 e. The molecule has 1 aromatic heterocycles. The van der Waals surface area contributed by atoms with E-state index in [1.54, 1.807) is 11.3 Å². The van der Waals surface area contributed by atoms with Crippen LogP contribution >= 0.6 is 11.3 Å². The molecule has 4 nitrogen and oxygen atoms in total. The van der Waals surface area contributed by atoms with Crippen LogP contribution in [0.1, 0.15) is 30.2 Å². The molecule has 0 bridgehead atoms. The molecule has 1 atom stereocenters. The van der Waals surface area contributed by atoms with E-state index in [9.17, 15) is 0 Å². The lowest BCUT2D eigenvalue weighted by Gasteiger charge is -2.23. The monoisotopic (exact) mass is 325 g/mol. The van der Waals surface area contributed by atoms with Crippen molar-refractivity contribution in [2.24, 2.45) is 4.99 Å². The maximum Gasteiger partial charge on any atom is 0.134 e. The van der Waals surface area contributed by atoms with Gasteiger partial charge in [0.2, 0.25) is 0 Å². The van der Waals surface area contributed by atoms with Crippen molar-refractivity contribution in [2.75, 3.05) is 13.1 Å². The lowest BCUT2D eigenvalue weighted by Crippen LogP contribution is -2.69. The molecule has 0 saturated heterocycles. The van der Waals surface area contributed by atoms with Gasteiger partial charge in [-0.15, -0.1) is 11.3 Å². The second kappa shape index (κ2) is 6.53. The van der Waals surface area contributed by atoms with Gasteiger partial charge in [0.1, 0.15) is 11.4 Å². The number of hydrogen-bond donors (Lipinski definition) is 2. The average Bonchev–Trinajstić information content (AvgIpc) is 3.06. The van der Waals surface area contributed by atoms with Crippen molar-refractivity contribution in [1.29, 1.82) is 5.26 Å². The Bertz CT molecular complexity index is 767. The number of quaternary nitrogens is 1. The fourth-order valence-electron chi connectivity index (χ4n) is 2.73. The van der Waals surface area contributed by atoms with Crippen LogP contribution in [0.2, 0.25) is 0 Å². The summed E-state index contributed by atoms with van der Waals surface area (Å²) in [5.41, 5.74) is 7.13. The highest BCUT2D eigenvalue weighted by Crippen LogP contribution is 2.32. The first-order chi connectivity index (χ1) is 11.1. The topological polar surface area (TPSA) is 75.8 Å². The van der Waals surface area contributed by atoms with E-state index in [0.717, 1.165) is 42.9 Å². The van der Waals surface area contributed by atoms with Crippen LogP contribution in [0.3, 0.4) is 0 Å². The summed E-state index contributed by atoms with van der Waals surface area (Å²) in [6, 6.07) is 12.1. The first-order valence-corrected chi connectivity index (χ1v) is 8.68. The van der Waals surface area contributed by atoms with Crippen LogP contribution in [0, 0.1) is 11.3 Å². The SMILES string of the molecule is CC([NH3+])(CC1=NCCCN1)c1cc(-c2cccc(C#N)c2)cs1. The second-order valence-corrected chi connectivity index (χ2v) is 7.15. The predicted octanol–water partition coefficient (Wildman–Crippen LogP) is 2.53. The Balaban J connectivity index is 1.82. The Morgan fingerprint density at radius 3 is 3.00 bits per heavy atom. The molecule has 2 heterocycles. The Morgan fingerprint density at radius 2 is 2.26 bits per heavy atom. The van der Waals surface area contributed by atoms with E-state index < -0.39 is 0 Å². The van der Waals surface area contributed by atoms with Crippen LogP contribution in [0.25, 0.3) is 11.1 Å². The Labute approximate surface area is 140 Å². The van der Waals surface area contributed by atoms with Gasteiger partial charge in [-0.2, -0.15) is 5.26 Å². The van der Waals surface area contributed by atoms with Crippen molar-refractivity contribution < 1.29 is 5.73 Å². The molecule has 1 aliphatic heterocycles. The van der Waals surface area contributed by atoms with E-state index in [-0.39, 0.29) is 5.54 Å². The van der Waals surface area contributed by atoms with Gasteiger partial charge in [0.25, 0.3) is 0 Å². The molecule has 0 amide bonds. The van der Waals surface area contributed by atoms with E-state index in [2.05, 4.69) is 40.5 Å². The number of amidine groups is 1. The minimum absolute atomic E-state index is 0.196. The molecule has 4 N–H and O–H groups in total. The van der Waals surface area contributed by atoms with Crippen LogP contribution in [0.4, 0.5) is 0 Å². The summed E-state index contributed by atoms with van der Waals surface area (Å²) in [7, 11) is 0. The quantitative estimate of drug-likeness (QED) is 0.906. The third kappa shape index (κ3) is 3.61. The number of rotatable bonds is 4. The Hall–Kier alpha value is -2.16. The zero-order valence-corrected chi connectivity index (χ0v) is 14.1. The maximum absolute atomic E-state index is 9.05. The van der Waals surface area contributed by atoms with Crippen LogP contribution in [0.5, 0.6) is 0 Å². The normalized spacial score (nSPS) is 16.8. The third-order valence-corrected chi connectivity index (χ3v) is 5.28. The highest BCUT2D eigenvalue weighted by molar-refractivity contribution is 7.10. The molecule has 118 valence electrons. The van der Waals surface area contributed by atoms with Gasteiger partial charge in [0.05, 0.1) is 22.9 Å². The van der Waals surface area contributed by atoms with Gasteiger partial charge in [0.15, 0.2) is 0 Å². The molecule has 0 aliphatic carbocycles. The molecule has 0 fully saturated rings. The summed E-state index contributed by atoms with van der Waals surface area (Å²) in [5.74, 6) is 1.06. The van der Waals surface area contributed by atoms with Crippen molar-refractivity contribution in [1.82, 2.24) is 5.32 Å². The smallest absolute Gasteiger partial charge is 0.134 e. The molecule has 1 aliphatic rings. The number of nitrogens with one attached hydrogen (secondary N) is 1. The predicted molar refractivity (Wildman–Crippen MR) is 94.2 cm³/mol. The number of benzene rings is 1. The van der Waals surface area contributed by atoms with Crippen LogP contribution < -0.4 is 11.1 Å². The summed E-state index contributed by atoms with van der Waals surface area (Å²) in [6.45, 7) is 4.08. The van der Waals surface area contributed by atoms with Gasteiger partial charge < -0.3 is 11.1 Å². The van der Waals surface area contributed by atoms with E-state index in [1.165, 1.54) is 4.88 Å². The van der Waals surface area contributed by atoms with Gasteiger partial charge in [0, 0.05) is 13.1 Å². The summed E-state index contributed by atoms with van der Waals surface area (Å²) >= 11 is 1.73. The Kier molecular flexibility index (Phi) is 4.46. The van der Waals surface area contributed by atoms with Crippen LogP contribution in [-0.2, 0) is 5.54 Å². The second-order valence-electron chi connectivity index (χ2n) is 6.24. The summed E-state index contributed by atoms with van der Waals surface area (Å²) in [6.07, 6.45) is 1.93. The van der Waals surface area contributed by atoms with E-state index in [1.807, 2.05) is 24.3 Å². The highest BCUT2D eigenvalue weighted by Gasteiger charge is 2.30. The van der Waals surface area contributed by atoms with Crippen molar-refractivity contribution in [3.63, 3.8) is 0 Å². The molecular formula is C18H21N4S+. The van der Waals surface area contributed by atoms with Crippen molar-refractivity contribution >= 4 is 17.2 Å². The third-order valence-electron chi connectivity index (χ3n) is 4.04. The molecule has 3 rings (SSSR count). The number of nitrogens with zero attached hydrogens (tertiary/aromatic N) is 2. The summed E-state index contributed by atoms with van der Waals surface area (Å²) in [4.78, 5) is 5.80. The molecular weight excluding hydrogens is 304 g/mol. The summed E-state index contributed by atoms with van der Waals surface area (Å²) in [5, 5.41) is 14.6. The summed E-state index contributed by atoms with van der Waals surface area (Å²) < 4.78 is 0. The number of aliphatic imine (C=N–C) groups is 1. The van der Waals surface area contributed by atoms with Crippen molar-refractivity contribution in [2.45, 2.75) is 25.3 Å². The molecule has 2 aromatic rings. The molecule has 0 spiro atoms. The number of nitriles is 1. The molecule has 1 aromatic carbocycles. The zero-order chi connectivity index (χ0) is 16.3. The molecule has 23 heavy (non-hydrogen) atoms. The molecule has 0 saturated carbocycles. The van der Waals surface area contributed by atoms with Gasteiger partial charge in [-0.05, 0) is 48.1 Å². The molecule has 5 heteroatoms. The molecule has 0 radical (unpaired) electrons. The maximum atomic E-state index is 9.05. The van der Waals surface area contributed by atoms with Crippen molar-refractivity contribution in [3.8, 4) is 17.2 Å². The van der Waals surface area contributed by atoms with E-state index in [0.29, 0.717) is 5.56 Å². The van der Waals surface area contributed by atoms with E-state index >= 15 is 0 Å². The van der Waals surface area contributed by atoms with Gasteiger partial charge >= 0.3 is 0 Å². The minimum atomic E-state index is -0.196. The molecule has 1 unspecified atom stereocenters. The fourth-order valence-corrected chi connectivity index (χ4v) is 3.74. The van der Waals surface area contributed by atoms with E-state index in [4.69, 9.17) is 5.26 Å². The van der Waals surface area contributed by atoms with Crippen molar-refractivity contribution in [3.05, 3.63) is 46.2 Å². The highest BCUT2D eigenvalue weighted by atomic mass is 32.1. The lowest BCUT2D eigenvalue weighted by atomic mass is 9.94. The lowest BCUT2D eigenvalue weighted by molar-refractivity contribution is -0.478. The number of thiophene rings is 1. The zero-order valence-electron chi connectivity index (χ0n) is 13.3. The average molecular weight is 325 g/mol. The Morgan fingerprint density at radius 1 is 1.39 bits per heavy atom. The van der Waals surface area contributed by atoms with Gasteiger partial charge in [-0.1, -0.05) is 12.1 Å². The fraction of sp³-hybridized carbons (Fsp3) is 0.333. The van der Waals surface area contributed by atoms with Gasteiger partial charge in [-0.3, -0.25) is 4.99 Å². The standard InChI is InChI=1S/C18H20N4S/c1-18(20,10-17-21-6-3-7-22-17)16-9-15(12-23-16)14-5-2-4-13(8-14)11-19/h2,4-5,8-9,12H,3,6-7,10,20H2,1H3,(H,21,22)/p+1. The van der Waals surface area contributed by atoms with Gasteiger partial charge in [-0.25, -0.2) is 0 Å². The van der Waals surface area contributed by atoms with Crippen LogP contribution in [-0.4, -0.2) is 18.9 Å². The van der Waals surface area contributed by atoms with Crippen LogP contribution in [0.15, 0.2) is 40.7 Å². The first-order valence-electron chi connectivity index (χ1n) is 7.80. The first kappa shape index (κ1) is 15.7. The largest absolute Gasteiger partial charge is 0.374 e.